The minimum absolute atomic E-state index is 0.0380. The third-order valence-electron chi connectivity index (χ3n) is 5.28. The topological polar surface area (TPSA) is 124 Å². The summed E-state index contributed by atoms with van der Waals surface area (Å²) in [6, 6.07) is 5.21. The van der Waals surface area contributed by atoms with E-state index in [1.54, 1.807) is 26.8 Å². The molecule has 2 atom stereocenters. The van der Waals surface area contributed by atoms with E-state index < -0.39 is 42.1 Å². The molecule has 3 N–H and O–H groups in total. The van der Waals surface area contributed by atoms with Crippen LogP contribution in [-0.4, -0.2) is 46.8 Å². The summed E-state index contributed by atoms with van der Waals surface area (Å²) in [7, 11) is 0. The van der Waals surface area contributed by atoms with Gasteiger partial charge in [-0.1, -0.05) is 12.1 Å². The number of esters is 1. The van der Waals surface area contributed by atoms with Gasteiger partial charge in [0.15, 0.2) is 6.04 Å². The minimum atomic E-state index is -4.83. The molecule has 1 fully saturated rings. The third-order valence-corrected chi connectivity index (χ3v) is 5.28. The highest BCUT2D eigenvalue weighted by molar-refractivity contribution is 6.21. The number of amides is 3. The zero-order valence-corrected chi connectivity index (χ0v) is 19.1. The lowest BCUT2D eigenvalue weighted by atomic mass is 9.87. The summed E-state index contributed by atoms with van der Waals surface area (Å²) in [6.07, 6.45) is -3.37. The molecule has 2 unspecified atom stereocenters. The molecule has 35 heavy (non-hydrogen) atoms. The number of halogens is 3. The van der Waals surface area contributed by atoms with Crippen molar-refractivity contribution < 1.29 is 37.0 Å². The second-order valence-electron chi connectivity index (χ2n) is 7.63. The highest BCUT2D eigenvalue weighted by Crippen LogP contribution is 2.35. The molecule has 12 heteroatoms. The largest absolute Gasteiger partial charge is 0.573 e. The summed E-state index contributed by atoms with van der Waals surface area (Å²) in [5.41, 5.74) is 7.25. The molecule has 2 aromatic rings. The third kappa shape index (κ3) is 5.70. The molecule has 0 bridgehead atoms. The van der Waals surface area contributed by atoms with Crippen molar-refractivity contribution in [3.63, 3.8) is 0 Å². The Balaban J connectivity index is 1.81. The monoisotopic (exact) mass is 492 g/mol. The molecule has 1 aromatic heterocycles. The number of carbonyl (C=O) groups excluding carboxylic acids is 3. The number of rotatable bonds is 6. The highest BCUT2D eigenvalue weighted by atomic mass is 19.4. The maximum Gasteiger partial charge on any atom is 0.573 e. The average molecular weight is 492 g/mol. The minimum Gasteiger partial charge on any atom is -0.464 e. The zero-order valence-electron chi connectivity index (χ0n) is 19.1. The van der Waals surface area contributed by atoms with E-state index in [1.165, 1.54) is 24.4 Å². The van der Waals surface area contributed by atoms with Gasteiger partial charge in [-0.15, -0.1) is 13.2 Å². The first-order valence-corrected chi connectivity index (χ1v) is 10.5. The second kappa shape index (κ2) is 10.0. The van der Waals surface area contributed by atoms with Crippen molar-refractivity contribution in [2.24, 2.45) is 0 Å². The van der Waals surface area contributed by atoms with Crippen molar-refractivity contribution in [1.82, 2.24) is 15.2 Å². The van der Waals surface area contributed by atoms with Crippen LogP contribution in [0, 0.1) is 0 Å². The molecule has 3 rings (SSSR count). The van der Waals surface area contributed by atoms with Gasteiger partial charge >= 0.3 is 18.4 Å². The Morgan fingerprint density at radius 3 is 2.46 bits per heavy atom. The number of ether oxygens (including phenoxy) is 2. The van der Waals surface area contributed by atoms with E-state index >= 15 is 0 Å². The van der Waals surface area contributed by atoms with E-state index in [0.717, 1.165) is 17.0 Å². The van der Waals surface area contributed by atoms with Crippen LogP contribution in [0.15, 0.2) is 48.2 Å². The van der Waals surface area contributed by atoms with Crippen molar-refractivity contribution in [3.05, 3.63) is 59.3 Å². The molecule has 0 saturated carbocycles. The van der Waals surface area contributed by atoms with Crippen molar-refractivity contribution >= 4 is 29.3 Å². The van der Waals surface area contributed by atoms with Crippen molar-refractivity contribution in [1.29, 1.82) is 0 Å². The predicted octanol–water partition coefficient (Wildman–Crippen LogP) is 3.58. The number of β-lactam (4-membered cyclic amide) rings is 1. The molecule has 186 valence electrons. The number of aromatic nitrogens is 1. The number of hydrogen-bond acceptors (Lipinski definition) is 7. The smallest absolute Gasteiger partial charge is 0.464 e. The maximum absolute atomic E-state index is 12.9. The molecule has 0 aliphatic carbocycles. The van der Waals surface area contributed by atoms with Crippen LogP contribution in [-0.2, 0) is 14.3 Å². The number of hydrogen-bond donors (Lipinski definition) is 2. The van der Waals surface area contributed by atoms with Crippen LogP contribution in [0.3, 0.4) is 0 Å². The summed E-state index contributed by atoms with van der Waals surface area (Å²) in [6.45, 7) is 4.83. The van der Waals surface area contributed by atoms with E-state index in [-0.39, 0.29) is 18.0 Å². The number of pyridine rings is 1. The molecular weight excluding hydrogens is 469 g/mol. The fourth-order valence-electron chi connectivity index (χ4n) is 3.58. The molecule has 0 spiro atoms. The van der Waals surface area contributed by atoms with Crippen LogP contribution >= 0.6 is 0 Å². The van der Waals surface area contributed by atoms with E-state index in [2.05, 4.69) is 15.0 Å². The van der Waals surface area contributed by atoms with Crippen molar-refractivity contribution in [2.75, 3.05) is 12.3 Å². The normalized spacial score (nSPS) is 17.8. The van der Waals surface area contributed by atoms with Gasteiger partial charge in [-0.05, 0) is 61.7 Å². The van der Waals surface area contributed by atoms with Crippen molar-refractivity contribution in [2.45, 2.75) is 39.2 Å². The van der Waals surface area contributed by atoms with Gasteiger partial charge in [-0.25, -0.2) is 19.5 Å². The van der Waals surface area contributed by atoms with Gasteiger partial charge < -0.3 is 20.5 Å². The number of urea groups is 1. The fourth-order valence-corrected chi connectivity index (χ4v) is 3.58. The molecule has 1 aliphatic heterocycles. The number of nitrogens with zero attached hydrogens (tertiary/aromatic N) is 2. The standard InChI is InChI=1S/C23H23F3N4O5/c1-4-34-21(32)19-18(12(2)15-9-10-28-17(27)11-15)20(31)30(19)22(33)29-13(3)14-5-7-16(8-6-14)35-23(24,25)26/h5-11,13,19H,4H2,1-3H3,(H2,27,28)(H,29,33). The Kier molecular flexibility index (Phi) is 7.32. The SMILES string of the molecule is CCOC(=O)C1C(=C(C)c2ccnc(N)c2)C(=O)N1C(=O)NC(C)c1ccc(OC(F)(F)F)cc1. The van der Waals surface area contributed by atoms with Gasteiger partial charge in [0, 0.05) is 6.20 Å². The van der Waals surface area contributed by atoms with E-state index in [9.17, 15) is 27.6 Å². The lowest BCUT2D eigenvalue weighted by Crippen LogP contribution is -2.64. The summed E-state index contributed by atoms with van der Waals surface area (Å²) >= 11 is 0. The van der Waals surface area contributed by atoms with Crippen LogP contribution in [0.5, 0.6) is 5.75 Å². The first kappa shape index (κ1) is 25.5. The summed E-state index contributed by atoms with van der Waals surface area (Å²) < 4.78 is 45.9. The van der Waals surface area contributed by atoms with Crippen LogP contribution in [0.4, 0.5) is 23.8 Å². The molecule has 1 aromatic carbocycles. The molecule has 3 amide bonds. The number of nitrogen functional groups attached to an aromatic ring is 1. The highest BCUT2D eigenvalue weighted by Gasteiger charge is 2.52. The van der Waals surface area contributed by atoms with Crippen LogP contribution in [0.2, 0.25) is 0 Å². The van der Waals surface area contributed by atoms with Crippen molar-refractivity contribution in [3.8, 4) is 5.75 Å². The quantitative estimate of drug-likeness (QED) is 0.359. The van der Waals surface area contributed by atoms with Gasteiger partial charge in [-0.2, -0.15) is 0 Å². The molecule has 0 radical (unpaired) electrons. The first-order valence-electron chi connectivity index (χ1n) is 10.5. The molecule has 9 nitrogen and oxygen atoms in total. The molecule has 1 saturated heterocycles. The zero-order chi connectivity index (χ0) is 25.9. The van der Waals surface area contributed by atoms with Gasteiger partial charge in [0.1, 0.15) is 11.6 Å². The summed E-state index contributed by atoms with van der Waals surface area (Å²) in [5, 5.41) is 2.57. The van der Waals surface area contributed by atoms with E-state index in [0.29, 0.717) is 16.7 Å². The molecular formula is C23H23F3N4O5. The van der Waals surface area contributed by atoms with Crippen LogP contribution < -0.4 is 15.8 Å². The number of anilines is 1. The Labute approximate surface area is 198 Å². The number of nitrogens with two attached hydrogens (primary N) is 1. The van der Waals surface area contributed by atoms with Gasteiger partial charge in [-0.3, -0.25) is 4.79 Å². The number of allylic oxidation sites excluding steroid dienone is 1. The Bertz CT molecular complexity index is 1160. The van der Waals surface area contributed by atoms with Gasteiger partial charge in [0.25, 0.3) is 5.91 Å². The lowest BCUT2D eigenvalue weighted by molar-refractivity contribution is -0.274. The maximum atomic E-state index is 12.9. The lowest BCUT2D eigenvalue weighted by Gasteiger charge is -2.40. The number of benzene rings is 1. The Morgan fingerprint density at radius 1 is 1.23 bits per heavy atom. The van der Waals surface area contributed by atoms with Gasteiger partial charge in [0.05, 0.1) is 18.2 Å². The Morgan fingerprint density at radius 2 is 1.89 bits per heavy atom. The summed E-state index contributed by atoms with van der Waals surface area (Å²) in [5.74, 6) is -1.66. The first-order chi connectivity index (χ1) is 16.4. The number of likely N-dealkylation sites (tertiary alicyclic amines) is 1. The number of imide groups is 1. The number of alkyl halides is 3. The fraction of sp³-hybridized carbons (Fsp3) is 0.304. The van der Waals surface area contributed by atoms with E-state index in [4.69, 9.17) is 10.5 Å². The molecule has 1 aliphatic rings. The average Bonchev–Trinajstić information content (AvgIpc) is 2.76. The van der Waals surface area contributed by atoms with Crippen LogP contribution in [0.1, 0.15) is 37.9 Å². The predicted molar refractivity (Wildman–Crippen MR) is 119 cm³/mol. The number of nitrogens with one attached hydrogen (secondary N) is 1. The Hall–Kier alpha value is -4.09. The van der Waals surface area contributed by atoms with Gasteiger partial charge in [0.2, 0.25) is 0 Å². The molecule has 2 heterocycles. The second-order valence-corrected chi connectivity index (χ2v) is 7.63. The summed E-state index contributed by atoms with van der Waals surface area (Å²) in [4.78, 5) is 43.1. The van der Waals surface area contributed by atoms with E-state index in [1.807, 2.05) is 0 Å². The van der Waals surface area contributed by atoms with Crippen LogP contribution in [0.25, 0.3) is 5.57 Å². The number of carbonyl (C=O) groups is 3.